The van der Waals surface area contributed by atoms with E-state index in [0.29, 0.717) is 6.04 Å². The number of nitrogens with one attached hydrogen (secondary N) is 1. The molecule has 2 rings (SSSR count). The van der Waals surface area contributed by atoms with Crippen LogP contribution in [-0.4, -0.2) is 39.8 Å². The molecule has 0 saturated heterocycles. The molecule has 0 bridgehead atoms. The quantitative estimate of drug-likeness (QED) is 0.427. The van der Waals surface area contributed by atoms with Crippen LogP contribution < -0.4 is 5.32 Å². The predicted octanol–water partition coefficient (Wildman–Crippen LogP) is 2.66. The van der Waals surface area contributed by atoms with Gasteiger partial charge in [-0.05, 0) is 44.1 Å². The number of methoxy groups -OCH3 is 1. The van der Waals surface area contributed by atoms with Crippen molar-refractivity contribution in [3.63, 3.8) is 0 Å². The Balaban J connectivity index is 1.77. The Morgan fingerprint density at radius 2 is 2.33 bits per heavy atom. The molecule has 0 amide bonds. The minimum Gasteiger partial charge on any atom is -0.468 e. The average Bonchev–Trinajstić information content (AvgIpc) is 3.17. The van der Waals surface area contributed by atoms with Crippen LogP contribution in [0.1, 0.15) is 45.4 Å². The summed E-state index contributed by atoms with van der Waals surface area (Å²) in [6, 6.07) is 0.483. The van der Waals surface area contributed by atoms with Crippen molar-refractivity contribution in [2.24, 2.45) is 0 Å². The lowest BCUT2D eigenvalue weighted by atomic mass is 9.96. The average molecular weight is 329 g/mol. The molecule has 1 saturated carbocycles. The van der Waals surface area contributed by atoms with Gasteiger partial charge >= 0.3 is 5.97 Å². The van der Waals surface area contributed by atoms with Gasteiger partial charge in [0.1, 0.15) is 11.4 Å². The third-order valence-electron chi connectivity index (χ3n) is 3.55. The second-order valence-corrected chi connectivity index (χ2v) is 7.62. The van der Waals surface area contributed by atoms with Crippen molar-refractivity contribution in [3.8, 4) is 0 Å². The van der Waals surface area contributed by atoms with E-state index in [1.807, 2.05) is 6.92 Å². The molecule has 21 heavy (non-hydrogen) atoms. The van der Waals surface area contributed by atoms with Crippen LogP contribution in [0.25, 0.3) is 0 Å². The summed E-state index contributed by atoms with van der Waals surface area (Å²) in [5.74, 6) is 1.69. The molecule has 7 heteroatoms. The maximum Gasteiger partial charge on any atom is 0.325 e. The normalized spacial score (nSPS) is 17.5. The molecule has 1 N–H and O–H groups in total. The van der Waals surface area contributed by atoms with Gasteiger partial charge in [-0.25, -0.2) is 4.98 Å². The molecular weight excluding hydrogens is 306 g/mol. The van der Waals surface area contributed by atoms with Crippen LogP contribution in [-0.2, 0) is 16.0 Å². The number of ether oxygens (including phenoxy) is 1. The standard InChI is InChI=1S/C14H23N3O2S2/c1-4-11-15-13(21-17-11)20-9-5-8-14(2,12(18)19-3)16-10-6-7-10/h10,16H,4-9H2,1-3H3. The Morgan fingerprint density at radius 3 is 2.90 bits per heavy atom. The molecule has 1 atom stereocenters. The summed E-state index contributed by atoms with van der Waals surface area (Å²) in [5.41, 5.74) is -0.563. The number of thioether (sulfide) groups is 1. The topological polar surface area (TPSA) is 64.1 Å². The van der Waals surface area contributed by atoms with Gasteiger partial charge in [0.15, 0.2) is 4.34 Å². The highest BCUT2D eigenvalue weighted by Crippen LogP contribution is 2.27. The van der Waals surface area contributed by atoms with Gasteiger partial charge in [0, 0.05) is 18.2 Å². The number of nitrogens with zero attached hydrogens (tertiary/aromatic N) is 2. The molecule has 1 fully saturated rings. The van der Waals surface area contributed by atoms with E-state index in [-0.39, 0.29) is 5.97 Å². The first kappa shape index (κ1) is 16.7. The molecule has 118 valence electrons. The summed E-state index contributed by atoms with van der Waals surface area (Å²) in [6.07, 6.45) is 4.92. The summed E-state index contributed by atoms with van der Waals surface area (Å²) in [4.78, 5) is 16.4. The van der Waals surface area contributed by atoms with Crippen molar-refractivity contribution in [1.29, 1.82) is 0 Å². The molecule has 5 nitrogen and oxygen atoms in total. The van der Waals surface area contributed by atoms with Crippen molar-refractivity contribution in [2.45, 2.75) is 61.9 Å². The predicted molar refractivity (Wildman–Crippen MR) is 85.8 cm³/mol. The number of aryl methyl sites for hydroxylation is 1. The van der Waals surface area contributed by atoms with Crippen LogP contribution in [0.3, 0.4) is 0 Å². The van der Waals surface area contributed by atoms with Gasteiger partial charge < -0.3 is 4.74 Å². The van der Waals surface area contributed by atoms with E-state index in [0.717, 1.165) is 48.0 Å². The minimum atomic E-state index is -0.563. The number of carbonyl (C=O) groups excluding carboxylic acids is 1. The maximum absolute atomic E-state index is 12.0. The summed E-state index contributed by atoms with van der Waals surface area (Å²) >= 11 is 3.17. The van der Waals surface area contributed by atoms with Gasteiger partial charge in [-0.2, -0.15) is 4.37 Å². The van der Waals surface area contributed by atoms with Crippen LogP contribution >= 0.6 is 23.3 Å². The molecule has 0 spiro atoms. The Kier molecular flexibility index (Phi) is 6.01. The number of aromatic nitrogens is 2. The third-order valence-corrected chi connectivity index (χ3v) is 5.51. The molecule has 0 radical (unpaired) electrons. The fourth-order valence-electron chi connectivity index (χ4n) is 2.16. The van der Waals surface area contributed by atoms with Crippen LogP contribution in [0, 0.1) is 0 Å². The van der Waals surface area contributed by atoms with E-state index in [1.54, 1.807) is 11.8 Å². The molecule has 1 heterocycles. The zero-order valence-corrected chi connectivity index (χ0v) is 14.5. The van der Waals surface area contributed by atoms with Gasteiger partial charge in [0.05, 0.1) is 7.11 Å². The van der Waals surface area contributed by atoms with E-state index in [9.17, 15) is 4.79 Å². The summed E-state index contributed by atoms with van der Waals surface area (Å²) in [5, 5.41) is 3.42. The maximum atomic E-state index is 12.0. The monoisotopic (exact) mass is 329 g/mol. The van der Waals surface area contributed by atoms with Gasteiger partial charge in [0.2, 0.25) is 0 Å². The lowest BCUT2D eigenvalue weighted by Gasteiger charge is -2.28. The van der Waals surface area contributed by atoms with Crippen LogP contribution in [0.4, 0.5) is 0 Å². The Morgan fingerprint density at radius 1 is 1.57 bits per heavy atom. The second kappa shape index (κ2) is 7.56. The SMILES string of the molecule is CCc1nsc(SCCCC(C)(NC2CC2)C(=O)OC)n1. The minimum absolute atomic E-state index is 0.163. The number of esters is 1. The van der Waals surface area contributed by atoms with Crippen LogP contribution in [0.2, 0.25) is 0 Å². The van der Waals surface area contributed by atoms with Gasteiger partial charge in [-0.3, -0.25) is 10.1 Å². The molecular formula is C14H23N3O2S2. The van der Waals surface area contributed by atoms with Crippen LogP contribution in [0.15, 0.2) is 4.34 Å². The zero-order chi connectivity index (χ0) is 15.3. The number of carbonyl (C=O) groups is 1. The van der Waals surface area contributed by atoms with Crippen molar-refractivity contribution in [2.75, 3.05) is 12.9 Å². The van der Waals surface area contributed by atoms with E-state index < -0.39 is 5.54 Å². The summed E-state index contributed by atoms with van der Waals surface area (Å²) in [7, 11) is 1.46. The highest BCUT2D eigenvalue weighted by atomic mass is 32.2. The van der Waals surface area contributed by atoms with Gasteiger partial charge in [-0.1, -0.05) is 18.7 Å². The molecule has 0 aromatic carbocycles. The van der Waals surface area contributed by atoms with Crippen molar-refractivity contribution >= 4 is 29.3 Å². The van der Waals surface area contributed by atoms with Crippen LogP contribution in [0.5, 0.6) is 0 Å². The fourth-order valence-corrected chi connectivity index (χ4v) is 3.87. The van der Waals surface area contributed by atoms with E-state index in [4.69, 9.17) is 4.74 Å². The zero-order valence-electron chi connectivity index (χ0n) is 12.8. The fraction of sp³-hybridized carbons (Fsp3) is 0.786. The second-order valence-electron chi connectivity index (χ2n) is 5.52. The molecule has 1 unspecified atom stereocenters. The number of hydrogen-bond acceptors (Lipinski definition) is 7. The van der Waals surface area contributed by atoms with Crippen molar-refractivity contribution < 1.29 is 9.53 Å². The van der Waals surface area contributed by atoms with Crippen molar-refractivity contribution in [1.82, 2.24) is 14.7 Å². The smallest absolute Gasteiger partial charge is 0.325 e. The molecule has 1 aromatic heterocycles. The Labute approximate surface area is 134 Å². The Bertz CT molecular complexity index is 477. The first-order valence-corrected chi connectivity index (χ1v) is 9.15. The molecule has 1 aliphatic carbocycles. The van der Waals surface area contributed by atoms with E-state index in [2.05, 4.69) is 21.6 Å². The number of hydrogen-bond donors (Lipinski definition) is 1. The highest BCUT2D eigenvalue weighted by Gasteiger charge is 2.38. The lowest BCUT2D eigenvalue weighted by molar-refractivity contribution is -0.148. The van der Waals surface area contributed by atoms with Crippen molar-refractivity contribution in [3.05, 3.63) is 5.82 Å². The number of rotatable bonds is 9. The molecule has 1 aromatic rings. The third kappa shape index (κ3) is 4.93. The first-order valence-electron chi connectivity index (χ1n) is 7.39. The summed E-state index contributed by atoms with van der Waals surface area (Å²) < 4.78 is 10.2. The van der Waals surface area contributed by atoms with Gasteiger partial charge in [0.25, 0.3) is 0 Å². The van der Waals surface area contributed by atoms with E-state index >= 15 is 0 Å². The summed E-state index contributed by atoms with van der Waals surface area (Å²) in [6.45, 7) is 4.00. The largest absolute Gasteiger partial charge is 0.468 e. The molecule has 1 aliphatic rings. The Hall–Kier alpha value is -0.660. The lowest BCUT2D eigenvalue weighted by Crippen LogP contribution is -2.51. The van der Waals surface area contributed by atoms with Gasteiger partial charge in [-0.15, -0.1) is 0 Å². The highest BCUT2D eigenvalue weighted by molar-refractivity contribution is 8.00. The molecule has 0 aliphatic heterocycles. The van der Waals surface area contributed by atoms with E-state index in [1.165, 1.54) is 18.6 Å². The first-order chi connectivity index (χ1) is 10.1.